The molecular formula is C14H17BrClNO2. The number of hydrogen-bond donors (Lipinski definition) is 2. The van der Waals surface area contributed by atoms with Gasteiger partial charge in [-0.15, -0.1) is 0 Å². The van der Waals surface area contributed by atoms with Crippen LogP contribution >= 0.6 is 27.5 Å². The van der Waals surface area contributed by atoms with Crippen LogP contribution in [0.3, 0.4) is 0 Å². The molecule has 1 aliphatic carbocycles. The van der Waals surface area contributed by atoms with Crippen molar-refractivity contribution in [1.29, 1.82) is 0 Å². The normalized spacial score (nSPS) is 23.1. The van der Waals surface area contributed by atoms with Crippen LogP contribution in [0.25, 0.3) is 0 Å². The fourth-order valence-electron chi connectivity index (χ4n) is 2.40. The van der Waals surface area contributed by atoms with Gasteiger partial charge in [0.15, 0.2) is 0 Å². The molecule has 1 saturated carbocycles. The average Bonchev–Trinajstić information content (AvgIpc) is 2.40. The van der Waals surface area contributed by atoms with Crippen molar-refractivity contribution in [3.63, 3.8) is 0 Å². The van der Waals surface area contributed by atoms with Crippen molar-refractivity contribution >= 4 is 33.4 Å². The number of halogens is 2. The SMILES string of the molecule is O=C(NCC1CCCCC1Br)c1cc(Cl)ccc1O. The summed E-state index contributed by atoms with van der Waals surface area (Å²) in [6.45, 7) is 0.626. The second-order valence-corrected chi connectivity index (χ2v) is 6.54. The highest BCUT2D eigenvalue weighted by Crippen LogP contribution is 2.29. The van der Waals surface area contributed by atoms with Gasteiger partial charge in [-0.25, -0.2) is 0 Å². The number of benzene rings is 1. The summed E-state index contributed by atoms with van der Waals surface area (Å²) < 4.78 is 0. The first-order valence-corrected chi connectivity index (χ1v) is 7.78. The van der Waals surface area contributed by atoms with Crippen molar-refractivity contribution in [2.75, 3.05) is 6.54 Å². The van der Waals surface area contributed by atoms with E-state index in [0.717, 1.165) is 12.8 Å². The van der Waals surface area contributed by atoms with E-state index in [2.05, 4.69) is 21.2 Å². The molecular weight excluding hydrogens is 330 g/mol. The largest absolute Gasteiger partial charge is 0.507 e. The van der Waals surface area contributed by atoms with Gasteiger partial charge in [0.25, 0.3) is 5.91 Å². The molecule has 2 atom stereocenters. The molecule has 2 unspecified atom stereocenters. The minimum Gasteiger partial charge on any atom is -0.507 e. The van der Waals surface area contributed by atoms with Crippen molar-refractivity contribution in [2.45, 2.75) is 30.5 Å². The van der Waals surface area contributed by atoms with Gasteiger partial charge in [0.2, 0.25) is 0 Å². The third-order valence-electron chi connectivity index (χ3n) is 3.54. The van der Waals surface area contributed by atoms with E-state index >= 15 is 0 Å². The Kier molecular flexibility index (Phi) is 5.11. The second-order valence-electron chi connectivity index (χ2n) is 4.93. The van der Waals surface area contributed by atoms with Crippen LogP contribution < -0.4 is 5.32 Å². The number of rotatable bonds is 3. The van der Waals surface area contributed by atoms with Gasteiger partial charge in [-0.05, 0) is 37.0 Å². The molecule has 1 aliphatic rings. The number of hydrogen-bond acceptors (Lipinski definition) is 2. The molecule has 1 aromatic carbocycles. The Hall–Kier alpha value is -0.740. The highest BCUT2D eigenvalue weighted by Gasteiger charge is 2.23. The molecule has 0 bridgehead atoms. The Morgan fingerprint density at radius 2 is 2.16 bits per heavy atom. The summed E-state index contributed by atoms with van der Waals surface area (Å²) in [6, 6.07) is 4.48. The van der Waals surface area contributed by atoms with Crippen molar-refractivity contribution in [1.82, 2.24) is 5.32 Å². The summed E-state index contributed by atoms with van der Waals surface area (Å²) in [6.07, 6.45) is 4.74. The molecule has 0 aromatic heterocycles. The van der Waals surface area contributed by atoms with Crippen LogP contribution in [0.15, 0.2) is 18.2 Å². The maximum Gasteiger partial charge on any atom is 0.255 e. The Balaban J connectivity index is 1.95. The van der Waals surface area contributed by atoms with E-state index in [4.69, 9.17) is 11.6 Å². The van der Waals surface area contributed by atoms with Crippen molar-refractivity contribution < 1.29 is 9.90 Å². The van der Waals surface area contributed by atoms with Crippen molar-refractivity contribution in [2.24, 2.45) is 5.92 Å². The van der Waals surface area contributed by atoms with Crippen LogP contribution in [0.4, 0.5) is 0 Å². The molecule has 0 radical (unpaired) electrons. The lowest BCUT2D eigenvalue weighted by molar-refractivity contribution is 0.0942. The minimum absolute atomic E-state index is 0.0408. The molecule has 5 heteroatoms. The van der Waals surface area contributed by atoms with E-state index in [-0.39, 0.29) is 17.2 Å². The first-order valence-electron chi connectivity index (χ1n) is 6.48. The van der Waals surface area contributed by atoms with Crippen LogP contribution in [-0.2, 0) is 0 Å². The topological polar surface area (TPSA) is 49.3 Å². The van der Waals surface area contributed by atoms with Crippen LogP contribution in [0.5, 0.6) is 5.75 Å². The third-order valence-corrected chi connectivity index (χ3v) is 4.98. The van der Waals surface area contributed by atoms with Crippen LogP contribution in [0, 0.1) is 5.92 Å². The highest BCUT2D eigenvalue weighted by molar-refractivity contribution is 9.09. The van der Waals surface area contributed by atoms with Gasteiger partial charge in [0, 0.05) is 16.4 Å². The number of phenols is 1. The monoisotopic (exact) mass is 345 g/mol. The number of carbonyl (C=O) groups excluding carboxylic acids is 1. The number of aromatic hydroxyl groups is 1. The zero-order valence-electron chi connectivity index (χ0n) is 10.5. The van der Waals surface area contributed by atoms with Gasteiger partial charge in [-0.2, -0.15) is 0 Å². The summed E-state index contributed by atoms with van der Waals surface area (Å²) in [5, 5.41) is 13.0. The summed E-state index contributed by atoms with van der Waals surface area (Å²) in [4.78, 5) is 12.5. The molecule has 1 fully saturated rings. The molecule has 1 aromatic rings. The van der Waals surface area contributed by atoms with Gasteiger partial charge >= 0.3 is 0 Å². The molecule has 0 aliphatic heterocycles. The lowest BCUT2D eigenvalue weighted by atomic mass is 9.89. The first-order chi connectivity index (χ1) is 9.08. The Morgan fingerprint density at radius 3 is 2.89 bits per heavy atom. The fraction of sp³-hybridized carbons (Fsp3) is 0.500. The third kappa shape index (κ3) is 3.86. The quantitative estimate of drug-likeness (QED) is 0.819. The van der Waals surface area contributed by atoms with Crippen LogP contribution in [0.1, 0.15) is 36.0 Å². The van der Waals surface area contributed by atoms with Gasteiger partial charge in [0.1, 0.15) is 5.75 Å². The number of amides is 1. The average molecular weight is 347 g/mol. The number of alkyl halides is 1. The van der Waals surface area contributed by atoms with Crippen LogP contribution in [0.2, 0.25) is 5.02 Å². The molecule has 19 heavy (non-hydrogen) atoms. The van der Waals surface area contributed by atoms with Crippen LogP contribution in [-0.4, -0.2) is 22.4 Å². The summed E-state index contributed by atoms with van der Waals surface area (Å²) in [7, 11) is 0. The molecule has 0 saturated heterocycles. The highest BCUT2D eigenvalue weighted by atomic mass is 79.9. The molecule has 3 nitrogen and oxygen atoms in total. The molecule has 2 N–H and O–H groups in total. The lowest BCUT2D eigenvalue weighted by Crippen LogP contribution is -2.34. The Bertz CT molecular complexity index is 467. The summed E-state index contributed by atoms with van der Waals surface area (Å²) in [5.74, 6) is 0.144. The zero-order valence-corrected chi connectivity index (χ0v) is 12.9. The molecule has 1 amide bonds. The maximum absolute atomic E-state index is 12.0. The van der Waals surface area contributed by atoms with Gasteiger partial charge in [0.05, 0.1) is 5.56 Å². The number of nitrogens with one attached hydrogen (secondary N) is 1. The molecule has 0 spiro atoms. The first kappa shape index (κ1) is 14.7. The van der Waals surface area contributed by atoms with Crippen molar-refractivity contribution in [3.8, 4) is 5.75 Å². The Labute approximate surface area is 126 Å². The Morgan fingerprint density at radius 1 is 1.42 bits per heavy atom. The fourth-order valence-corrected chi connectivity index (χ4v) is 3.35. The van der Waals surface area contributed by atoms with Gasteiger partial charge in [-0.1, -0.05) is 40.4 Å². The smallest absolute Gasteiger partial charge is 0.255 e. The second kappa shape index (κ2) is 6.62. The van der Waals surface area contributed by atoms with E-state index in [1.807, 2.05) is 0 Å². The molecule has 2 rings (SSSR count). The standard InChI is InChI=1S/C14H17BrClNO2/c15-12-4-2-1-3-9(12)8-17-14(19)11-7-10(16)5-6-13(11)18/h5-7,9,12,18H,1-4,8H2,(H,17,19). The van der Waals surface area contributed by atoms with E-state index < -0.39 is 0 Å². The maximum atomic E-state index is 12.0. The summed E-state index contributed by atoms with van der Waals surface area (Å²) >= 11 is 9.50. The van der Waals surface area contributed by atoms with E-state index in [1.165, 1.54) is 25.0 Å². The van der Waals surface area contributed by atoms with E-state index in [0.29, 0.717) is 22.3 Å². The van der Waals surface area contributed by atoms with Crippen molar-refractivity contribution in [3.05, 3.63) is 28.8 Å². The minimum atomic E-state index is -0.273. The van der Waals surface area contributed by atoms with Gasteiger partial charge < -0.3 is 10.4 Å². The predicted molar refractivity (Wildman–Crippen MR) is 80.1 cm³/mol. The molecule has 104 valence electrons. The molecule has 0 heterocycles. The zero-order chi connectivity index (χ0) is 13.8. The number of phenolic OH excluding ortho intramolecular Hbond substituents is 1. The predicted octanol–water partition coefficient (Wildman–Crippen LogP) is 3.73. The lowest BCUT2D eigenvalue weighted by Gasteiger charge is -2.27. The summed E-state index contributed by atoms with van der Waals surface area (Å²) in [5.41, 5.74) is 0.231. The number of carbonyl (C=O) groups is 1. The van der Waals surface area contributed by atoms with E-state index in [9.17, 15) is 9.90 Å². The van der Waals surface area contributed by atoms with Gasteiger partial charge in [-0.3, -0.25) is 4.79 Å². The van der Waals surface area contributed by atoms with E-state index in [1.54, 1.807) is 6.07 Å².